The molecule has 1 amide bonds. The lowest BCUT2D eigenvalue weighted by Crippen LogP contribution is -2.35. The number of β-amino-alcohol motifs (C(OH)–C–C–N with tert-alkyl or cyclic N) is 1. The van der Waals surface area contributed by atoms with E-state index < -0.39 is 18.0 Å². The first-order valence-corrected chi connectivity index (χ1v) is 5.65. The summed E-state index contributed by atoms with van der Waals surface area (Å²) in [5, 5.41) is 14.8. The lowest BCUT2D eigenvalue weighted by Gasteiger charge is -2.12. The molecule has 3 N–H and O–H groups in total. The van der Waals surface area contributed by atoms with E-state index in [2.05, 4.69) is 10.6 Å². The monoisotopic (exact) mass is 254 g/mol. The highest BCUT2D eigenvalue weighted by atomic mass is 19.1. The van der Waals surface area contributed by atoms with Crippen molar-refractivity contribution in [2.24, 2.45) is 0 Å². The Hall–Kier alpha value is -1.66. The molecule has 1 heterocycles. The van der Waals surface area contributed by atoms with Gasteiger partial charge in [0.2, 0.25) is 5.91 Å². The number of amides is 1. The summed E-state index contributed by atoms with van der Waals surface area (Å²) >= 11 is 0. The summed E-state index contributed by atoms with van der Waals surface area (Å²) in [5.74, 6) is -0.437. The number of methoxy groups -OCH3 is 1. The Morgan fingerprint density at radius 1 is 1.56 bits per heavy atom. The van der Waals surface area contributed by atoms with E-state index >= 15 is 0 Å². The highest BCUT2D eigenvalue weighted by molar-refractivity contribution is 5.95. The van der Waals surface area contributed by atoms with Crippen molar-refractivity contribution in [1.82, 2.24) is 5.32 Å². The molecule has 18 heavy (non-hydrogen) atoms. The maximum Gasteiger partial charge on any atom is 0.241 e. The van der Waals surface area contributed by atoms with Gasteiger partial charge in [-0.1, -0.05) is 0 Å². The fraction of sp³-hybridized carbons (Fsp3) is 0.417. The van der Waals surface area contributed by atoms with Gasteiger partial charge in [-0.3, -0.25) is 4.79 Å². The van der Waals surface area contributed by atoms with Crippen molar-refractivity contribution in [1.29, 1.82) is 0 Å². The van der Waals surface area contributed by atoms with E-state index in [1.165, 1.54) is 25.3 Å². The molecule has 0 radical (unpaired) electrons. The van der Waals surface area contributed by atoms with Gasteiger partial charge in [-0.05, 0) is 12.5 Å². The number of halogens is 1. The van der Waals surface area contributed by atoms with Gasteiger partial charge in [-0.2, -0.15) is 0 Å². The molecule has 5 nitrogen and oxygen atoms in total. The number of ether oxygens (including phenoxy) is 1. The molecule has 1 aliphatic heterocycles. The zero-order valence-electron chi connectivity index (χ0n) is 9.94. The summed E-state index contributed by atoms with van der Waals surface area (Å²) in [6.07, 6.45) is -0.152. The SMILES string of the molecule is COc1cc(F)cc(NC(=O)C2CC(O)CN2)c1. The molecule has 0 saturated carbocycles. The third-order valence-electron chi connectivity index (χ3n) is 2.80. The topological polar surface area (TPSA) is 70.6 Å². The number of carbonyl (C=O) groups excluding carboxylic acids is 1. The Morgan fingerprint density at radius 2 is 2.33 bits per heavy atom. The molecule has 1 aromatic rings. The molecule has 1 fully saturated rings. The maximum atomic E-state index is 13.2. The zero-order chi connectivity index (χ0) is 13.1. The Balaban J connectivity index is 2.04. The van der Waals surface area contributed by atoms with Gasteiger partial charge in [0.1, 0.15) is 11.6 Å². The van der Waals surface area contributed by atoms with Crippen LogP contribution in [0.2, 0.25) is 0 Å². The lowest BCUT2D eigenvalue weighted by atomic mass is 10.2. The summed E-state index contributed by atoms with van der Waals surface area (Å²) in [6, 6.07) is 3.53. The third kappa shape index (κ3) is 2.96. The van der Waals surface area contributed by atoms with Crippen LogP contribution in [-0.4, -0.2) is 36.8 Å². The van der Waals surface area contributed by atoms with E-state index in [4.69, 9.17) is 4.74 Å². The normalized spacial score (nSPS) is 22.8. The van der Waals surface area contributed by atoms with E-state index in [-0.39, 0.29) is 5.91 Å². The highest BCUT2D eigenvalue weighted by Crippen LogP contribution is 2.20. The molecule has 1 saturated heterocycles. The van der Waals surface area contributed by atoms with Gasteiger partial charge < -0.3 is 20.5 Å². The zero-order valence-corrected chi connectivity index (χ0v) is 9.94. The minimum atomic E-state index is -0.511. The lowest BCUT2D eigenvalue weighted by molar-refractivity contribution is -0.117. The Kier molecular flexibility index (Phi) is 3.78. The van der Waals surface area contributed by atoms with E-state index in [9.17, 15) is 14.3 Å². The minimum absolute atomic E-state index is 0.292. The fourth-order valence-corrected chi connectivity index (χ4v) is 1.90. The van der Waals surface area contributed by atoms with Gasteiger partial charge in [0.05, 0.1) is 19.3 Å². The number of aliphatic hydroxyl groups is 1. The second-order valence-corrected chi connectivity index (χ2v) is 4.22. The first kappa shape index (κ1) is 12.8. The maximum absolute atomic E-state index is 13.2. The third-order valence-corrected chi connectivity index (χ3v) is 2.80. The number of anilines is 1. The summed E-state index contributed by atoms with van der Waals surface area (Å²) in [4.78, 5) is 11.8. The highest BCUT2D eigenvalue weighted by Gasteiger charge is 2.28. The first-order chi connectivity index (χ1) is 8.58. The molecule has 2 atom stereocenters. The number of rotatable bonds is 3. The van der Waals surface area contributed by atoms with Crippen molar-refractivity contribution in [3.8, 4) is 5.75 Å². The van der Waals surface area contributed by atoms with Crippen LogP contribution in [0.25, 0.3) is 0 Å². The van der Waals surface area contributed by atoms with Gasteiger partial charge in [0, 0.05) is 24.4 Å². The standard InChI is InChI=1S/C12H15FN2O3/c1-18-10-3-7(13)2-8(4-10)15-12(17)11-5-9(16)6-14-11/h2-4,9,11,14,16H,5-6H2,1H3,(H,15,17). The molecular formula is C12H15FN2O3. The predicted octanol–water partition coefficient (Wildman–Crippen LogP) is 0.496. The van der Waals surface area contributed by atoms with Crippen LogP contribution in [0.15, 0.2) is 18.2 Å². The van der Waals surface area contributed by atoms with Crippen molar-refractivity contribution in [2.75, 3.05) is 19.0 Å². The van der Waals surface area contributed by atoms with Gasteiger partial charge in [0.15, 0.2) is 0 Å². The average molecular weight is 254 g/mol. The van der Waals surface area contributed by atoms with Crippen LogP contribution in [0.1, 0.15) is 6.42 Å². The van der Waals surface area contributed by atoms with Crippen LogP contribution in [0, 0.1) is 5.82 Å². The van der Waals surface area contributed by atoms with Crippen LogP contribution in [0.4, 0.5) is 10.1 Å². The smallest absolute Gasteiger partial charge is 0.241 e. The van der Waals surface area contributed by atoms with Gasteiger partial charge in [-0.25, -0.2) is 4.39 Å². The number of hydrogen-bond donors (Lipinski definition) is 3. The molecule has 6 heteroatoms. The molecule has 0 aliphatic carbocycles. The van der Waals surface area contributed by atoms with Gasteiger partial charge in [0.25, 0.3) is 0 Å². The number of benzene rings is 1. The van der Waals surface area contributed by atoms with Crippen LogP contribution in [-0.2, 0) is 4.79 Å². The summed E-state index contributed by atoms with van der Waals surface area (Å²) in [6.45, 7) is 0.393. The molecule has 98 valence electrons. The molecular weight excluding hydrogens is 239 g/mol. The number of hydrogen-bond acceptors (Lipinski definition) is 4. The van der Waals surface area contributed by atoms with Crippen molar-refractivity contribution in [3.05, 3.63) is 24.0 Å². The molecule has 2 rings (SSSR count). The first-order valence-electron chi connectivity index (χ1n) is 5.65. The quantitative estimate of drug-likeness (QED) is 0.734. The van der Waals surface area contributed by atoms with Gasteiger partial charge >= 0.3 is 0 Å². The molecule has 1 aliphatic rings. The molecule has 2 unspecified atom stereocenters. The fourth-order valence-electron chi connectivity index (χ4n) is 1.90. The van der Waals surface area contributed by atoms with Crippen molar-refractivity contribution in [2.45, 2.75) is 18.6 Å². The van der Waals surface area contributed by atoms with Crippen LogP contribution in [0.5, 0.6) is 5.75 Å². The summed E-state index contributed by atoms with van der Waals surface area (Å²) in [5.41, 5.74) is 0.333. The van der Waals surface area contributed by atoms with E-state index in [0.29, 0.717) is 24.4 Å². The predicted molar refractivity (Wildman–Crippen MR) is 64.0 cm³/mol. The Labute approximate surface area is 104 Å². The molecule has 0 bridgehead atoms. The van der Waals surface area contributed by atoms with Crippen molar-refractivity contribution in [3.63, 3.8) is 0 Å². The van der Waals surface area contributed by atoms with Gasteiger partial charge in [-0.15, -0.1) is 0 Å². The average Bonchev–Trinajstić information content (AvgIpc) is 2.75. The Morgan fingerprint density at radius 3 is 2.94 bits per heavy atom. The van der Waals surface area contributed by atoms with E-state index in [1.807, 2.05) is 0 Å². The molecule has 0 spiro atoms. The minimum Gasteiger partial charge on any atom is -0.497 e. The van der Waals surface area contributed by atoms with E-state index in [1.54, 1.807) is 0 Å². The summed E-state index contributed by atoms with van der Waals surface area (Å²) < 4.78 is 18.1. The molecule has 1 aromatic carbocycles. The second kappa shape index (κ2) is 5.32. The van der Waals surface area contributed by atoms with Crippen LogP contribution >= 0.6 is 0 Å². The van der Waals surface area contributed by atoms with Crippen molar-refractivity contribution < 1.29 is 19.0 Å². The van der Waals surface area contributed by atoms with Crippen LogP contribution < -0.4 is 15.4 Å². The number of aliphatic hydroxyl groups excluding tert-OH is 1. The van der Waals surface area contributed by atoms with E-state index in [0.717, 1.165) is 0 Å². The van der Waals surface area contributed by atoms with Crippen molar-refractivity contribution >= 4 is 11.6 Å². The molecule has 0 aromatic heterocycles. The number of nitrogens with one attached hydrogen (secondary N) is 2. The summed E-state index contributed by atoms with van der Waals surface area (Å²) in [7, 11) is 1.43. The van der Waals surface area contributed by atoms with Crippen LogP contribution in [0.3, 0.4) is 0 Å². The Bertz CT molecular complexity index is 453. The number of carbonyl (C=O) groups is 1. The largest absolute Gasteiger partial charge is 0.497 e. The second-order valence-electron chi connectivity index (χ2n) is 4.22.